The van der Waals surface area contributed by atoms with E-state index in [0.717, 1.165) is 0 Å². The van der Waals surface area contributed by atoms with Crippen LogP contribution < -0.4 is 15.2 Å². The number of nitrogens with two attached hydrogens (primary N) is 1. The normalized spacial score (nSPS) is 10.2. The molecule has 0 heterocycles. The van der Waals surface area contributed by atoms with E-state index in [1.165, 1.54) is 18.2 Å². The van der Waals surface area contributed by atoms with Gasteiger partial charge in [0.2, 0.25) is 0 Å². The van der Waals surface area contributed by atoms with Gasteiger partial charge in [-0.1, -0.05) is 0 Å². The molecule has 7 nitrogen and oxygen atoms in total. The summed E-state index contributed by atoms with van der Waals surface area (Å²) in [6.07, 6.45) is 0. The first-order valence-electron chi connectivity index (χ1n) is 8.82. The van der Waals surface area contributed by atoms with Gasteiger partial charge in [-0.25, -0.2) is 9.59 Å². The van der Waals surface area contributed by atoms with E-state index < -0.39 is 11.9 Å². The number of benzene rings is 3. The van der Waals surface area contributed by atoms with Gasteiger partial charge < -0.3 is 25.1 Å². The van der Waals surface area contributed by atoms with Crippen LogP contribution in [0.2, 0.25) is 0 Å². The van der Waals surface area contributed by atoms with Crippen LogP contribution in [-0.2, 0) is 4.74 Å². The first-order valence-corrected chi connectivity index (χ1v) is 8.82. The van der Waals surface area contributed by atoms with Crippen LogP contribution in [0.15, 0.2) is 66.7 Å². The number of ether oxygens (including phenoxy) is 3. The summed E-state index contributed by atoms with van der Waals surface area (Å²) in [6.45, 7) is 1.80. The minimum absolute atomic E-state index is 0.0288. The average Bonchev–Trinajstić information content (AvgIpc) is 2.71. The van der Waals surface area contributed by atoms with Gasteiger partial charge >= 0.3 is 11.9 Å². The van der Waals surface area contributed by atoms with E-state index in [1.807, 2.05) is 0 Å². The predicted molar refractivity (Wildman–Crippen MR) is 107 cm³/mol. The number of anilines is 1. The third-order valence-corrected chi connectivity index (χ3v) is 3.89. The lowest BCUT2D eigenvalue weighted by Crippen LogP contribution is -2.11. The maximum Gasteiger partial charge on any atom is 0.339 e. The van der Waals surface area contributed by atoms with Crippen LogP contribution >= 0.6 is 0 Å². The summed E-state index contributed by atoms with van der Waals surface area (Å²) in [5.41, 5.74) is 6.08. The molecular formula is C22H19NO6. The fourth-order valence-electron chi connectivity index (χ4n) is 2.53. The molecular weight excluding hydrogens is 374 g/mol. The molecule has 0 saturated heterocycles. The van der Waals surface area contributed by atoms with E-state index in [-0.39, 0.29) is 23.5 Å². The average molecular weight is 393 g/mol. The minimum Gasteiger partial charge on any atom is -0.478 e. The molecule has 3 rings (SSSR count). The van der Waals surface area contributed by atoms with E-state index >= 15 is 0 Å². The number of hydrogen-bond acceptors (Lipinski definition) is 6. The van der Waals surface area contributed by atoms with Gasteiger partial charge in [0, 0.05) is 5.69 Å². The van der Waals surface area contributed by atoms with Crippen LogP contribution in [-0.4, -0.2) is 23.7 Å². The second-order valence-electron chi connectivity index (χ2n) is 5.98. The summed E-state index contributed by atoms with van der Waals surface area (Å²) in [7, 11) is 0. The molecule has 3 aromatic rings. The molecule has 0 aliphatic rings. The molecule has 0 fully saturated rings. The molecule has 3 N–H and O–H groups in total. The third-order valence-electron chi connectivity index (χ3n) is 3.89. The van der Waals surface area contributed by atoms with E-state index in [4.69, 9.17) is 19.9 Å². The summed E-state index contributed by atoms with van der Waals surface area (Å²) in [5, 5.41) is 9.38. The molecule has 0 aromatic heterocycles. The van der Waals surface area contributed by atoms with Crippen molar-refractivity contribution in [2.24, 2.45) is 0 Å². The molecule has 0 radical (unpaired) electrons. The second-order valence-corrected chi connectivity index (χ2v) is 5.98. The molecule has 0 aliphatic carbocycles. The summed E-state index contributed by atoms with van der Waals surface area (Å²) in [4.78, 5) is 23.4. The maximum atomic E-state index is 11.9. The number of carboxylic acid groups (broad SMARTS) is 1. The molecule has 29 heavy (non-hydrogen) atoms. The van der Waals surface area contributed by atoms with E-state index in [9.17, 15) is 14.7 Å². The first kappa shape index (κ1) is 19.8. The highest BCUT2D eigenvalue weighted by molar-refractivity contribution is 6.02. The number of nitrogen functional groups attached to an aromatic ring is 1. The third kappa shape index (κ3) is 5.04. The smallest absolute Gasteiger partial charge is 0.339 e. The number of aromatic carboxylic acids is 1. The molecule has 3 aromatic carbocycles. The van der Waals surface area contributed by atoms with E-state index in [1.54, 1.807) is 55.5 Å². The molecule has 7 heteroatoms. The number of esters is 1. The molecule has 148 valence electrons. The van der Waals surface area contributed by atoms with Crippen molar-refractivity contribution in [3.8, 4) is 23.0 Å². The zero-order chi connectivity index (χ0) is 20.8. The number of carbonyl (C=O) groups is 2. The van der Waals surface area contributed by atoms with Crippen LogP contribution in [0.3, 0.4) is 0 Å². The lowest BCUT2D eigenvalue weighted by atomic mass is 10.1. The Labute approximate surface area is 167 Å². The number of rotatable bonds is 7. The number of carbonyl (C=O) groups excluding carboxylic acids is 1. The zero-order valence-corrected chi connectivity index (χ0v) is 15.6. The van der Waals surface area contributed by atoms with Gasteiger partial charge in [-0.05, 0) is 73.7 Å². The van der Waals surface area contributed by atoms with Crippen molar-refractivity contribution in [2.45, 2.75) is 6.92 Å². The first-order chi connectivity index (χ1) is 14.0. The maximum absolute atomic E-state index is 11.9. The fourth-order valence-corrected chi connectivity index (χ4v) is 2.53. The number of carboxylic acids is 1. The Morgan fingerprint density at radius 1 is 0.793 bits per heavy atom. The fraction of sp³-hybridized carbons (Fsp3) is 0.0909. The quantitative estimate of drug-likeness (QED) is 0.441. The van der Waals surface area contributed by atoms with Crippen molar-refractivity contribution >= 4 is 17.6 Å². The Morgan fingerprint density at radius 2 is 1.28 bits per heavy atom. The van der Waals surface area contributed by atoms with Crippen molar-refractivity contribution < 1.29 is 28.9 Å². The highest BCUT2D eigenvalue weighted by atomic mass is 16.5. The van der Waals surface area contributed by atoms with Gasteiger partial charge in [-0.15, -0.1) is 0 Å². The van der Waals surface area contributed by atoms with Crippen LogP contribution in [0.25, 0.3) is 0 Å². The zero-order valence-electron chi connectivity index (χ0n) is 15.6. The predicted octanol–water partition coefficient (Wildman–Crippen LogP) is 4.73. The summed E-state index contributed by atoms with van der Waals surface area (Å²) in [5.74, 6) is 0.0726. The van der Waals surface area contributed by atoms with Gasteiger partial charge in [0.25, 0.3) is 0 Å². The minimum atomic E-state index is -1.24. The molecule has 0 aliphatic heterocycles. The Bertz CT molecular complexity index is 1010. The molecule has 0 unspecified atom stereocenters. The summed E-state index contributed by atoms with van der Waals surface area (Å²) in [6, 6.07) is 18.0. The van der Waals surface area contributed by atoms with Crippen molar-refractivity contribution in [1.29, 1.82) is 0 Å². The summed E-state index contributed by atoms with van der Waals surface area (Å²) < 4.78 is 16.3. The monoisotopic (exact) mass is 393 g/mol. The van der Waals surface area contributed by atoms with Gasteiger partial charge in [0.15, 0.2) is 0 Å². The van der Waals surface area contributed by atoms with Gasteiger partial charge in [-0.3, -0.25) is 0 Å². The molecule has 0 atom stereocenters. The topological polar surface area (TPSA) is 108 Å². The largest absolute Gasteiger partial charge is 0.478 e. The van der Waals surface area contributed by atoms with E-state index in [0.29, 0.717) is 22.9 Å². The Balaban J connectivity index is 1.74. The van der Waals surface area contributed by atoms with Gasteiger partial charge in [0.05, 0.1) is 17.7 Å². The lowest BCUT2D eigenvalue weighted by molar-refractivity contribution is 0.0514. The van der Waals surface area contributed by atoms with Gasteiger partial charge in [-0.2, -0.15) is 0 Å². The molecule has 0 spiro atoms. The van der Waals surface area contributed by atoms with Crippen molar-refractivity contribution in [1.82, 2.24) is 0 Å². The van der Waals surface area contributed by atoms with Crippen molar-refractivity contribution in [3.05, 3.63) is 77.9 Å². The Kier molecular flexibility index (Phi) is 5.99. The Morgan fingerprint density at radius 3 is 1.79 bits per heavy atom. The summed E-state index contributed by atoms with van der Waals surface area (Å²) >= 11 is 0. The van der Waals surface area contributed by atoms with E-state index in [2.05, 4.69) is 0 Å². The second kappa shape index (κ2) is 8.79. The van der Waals surface area contributed by atoms with Crippen LogP contribution in [0.1, 0.15) is 27.6 Å². The van der Waals surface area contributed by atoms with Gasteiger partial charge in [0.1, 0.15) is 23.0 Å². The van der Waals surface area contributed by atoms with Crippen LogP contribution in [0.5, 0.6) is 23.0 Å². The van der Waals surface area contributed by atoms with Crippen LogP contribution in [0.4, 0.5) is 5.69 Å². The van der Waals surface area contributed by atoms with Crippen molar-refractivity contribution in [3.63, 3.8) is 0 Å². The SMILES string of the molecule is CCOC(=O)c1ccc(Oc2ccc(Oc3ccc(N)cc3)cc2)cc1C(=O)O. The number of hydrogen-bond donors (Lipinski definition) is 2. The molecule has 0 bridgehead atoms. The highest BCUT2D eigenvalue weighted by Gasteiger charge is 2.18. The van der Waals surface area contributed by atoms with Crippen molar-refractivity contribution in [2.75, 3.05) is 12.3 Å². The molecule has 0 saturated carbocycles. The molecule has 0 amide bonds. The lowest BCUT2D eigenvalue weighted by Gasteiger charge is -2.11. The Hall–Kier alpha value is -4.00. The highest BCUT2D eigenvalue weighted by Crippen LogP contribution is 2.28. The standard InChI is InChI=1S/C22H19NO6/c1-2-27-22(26)19-12-11-18(13-20(19)21(24)25)29-17-9-7-16(8-10-17)28-15-5-3-14(23)4-6-15/h3-13H,2,23H2,1H3,(H,24,25). The van der Waals surface area contributed by atoms with Crippen LogP contribution in [0, 0.1) is 0 Å².